The third kappa shape index (κ3) is 8.31. The summed E-state index contributed by atoms with van der Waals surface area (Å²) in [4.78, 5) is 39.9. The third-order valence-electron chi connectivity index (χ3n) is 5.79. The second-order valence-corrected chi connectivity index (χ2v) is 11.8. The van der Waals surface area contributed by atoms with Gasteiger partial charge in [0.2, 0.25) is 5.91 Å². The molecule has 0 aliphatic carbocycles. The molecule has 0 aliphatic heterocycles. The summed E-state index contributed by atoms with van der Waals surface area (Å²) in [5.74, 6) is -1.33. The van der Waals surface area contributed by atoms with Crippen LogP contribution in [0.1, 0.15) is 22.8 Å². The Morgan fingerprint density at radius 1 is 0.762 bits per heavy atom. The second kappa shape index (κ2) is 14.6. The molecule has 11 heteroatoms. The van der Waals surface area contributed by atoms with Crippen LogP contribution in [0.3, 0.4) is 0 Å². The number of benzene rings is 4. The summed E-state index contributed by atoms with van der Waals surface area (Å²) >= 11 is 26.0. The number of nitrogens with one attached hydrogen (secondary N) is 3. The van der Waals surface area contributed by atoms with E-state index in [0.29, 0.717) is 32.5 Å². The molecule has 1 unspecified atom stereocenters. The molecule has 0 spiro atoms. The fourth-order valence-electron chi connectivity index (χ4n) is 3.67. The summed E-state index contributed by atoms with van der Waals surface area (Å²) < 4.78 is 0. The Morgan fingerprint density at radius 3 is 2.17 bits per heavy atom. The molecule has 3 amide bonds. The number of carbonyl (C=O) groups is 3. The van der Waals surface area contributed by atoms with Crippen molar-refractivity contribution in [3.05, 3.63) is 128 Å². The molecular formula is C31H23Cl4N3O3S. The SMILES string of the molecule is CC(Sc1cccc(NC(=O)/C(=C\c2cccc(Cl)c2Cl)NC(=O)c2ccccc2)c1)C(=O)Nc1cccc(Cl)c1Cl. The lowest BCUT2D eigenvalue weighted by Gasteiger charge is -2.15. The Labute approximate surface area is 267 Å². The predicted octanol–water partition coefficient (Wildman–Crippen LogP) is 8.83. The van der Waals surface area contributed by atoms with Crippen molar-refractivity contribution in [1.29, 1.82) is 0 Å². The van der Waals surface area contributed by atoms with Crippen LogP contribution in [-0.4, -0.2) is 23.0 Å². The monoisotopic (exact) mass is 657 g/mol. The normalized spacial score (nSPS) is 11.9. The molecule has 214 valence electrons. The van der Waals surface area contributed by atoms with E-state index in [2.05, 4.69) is 16.0 Å². The Bertz CT molecular complexity index is 1660. The van der Waals surface area contributed by atoms with Crippen molar-refractivity contribution in [1.82, 2.24) is 5.32 Å². The number of hydrogen-bond acceptors (Lipinski definition) is 4. The van der Waals surface area contributed by atoms with Crippen molar-refractivity contribution in [3.8, 4) is 0 Å². The van der Waals surface area contributed by atoms with E-state index >= 15 is 0 Å². The zero-order valence-corrected chi connectivity index (χ0v) is 25.8. The standard InChI is InChI=1S/C31H23Cl4N3O3S/c1-18(29(39)37-25-15-7-14-24(33)28(25)35)42-22-12-6-11-21(17-22)36-31(41)26(16-20-10-5-13-23(32)27(20)34)38-30(40)19-8-3-2-4-9-19/h2-18H,1H3,(H,36,41)(H,37,39)(H,38,40)/b26-16+. The maximum atomic E-state index is 13.4. The summed E-state index contributed by atoms with van der Waals surface area (Å²) in [7, 11) is 0. The van der Waals surface area contributed by atoms with Crippen LogP contribution in [0.15, 0.2) is 102 Å². The van der Waals surface area contributed by atoms with Gasteiger partial charge >= 0.3 is 0 Å². The van der Waals surface area contributed by atoms with Crippen LogP contribution in [0.25, 0.3) is 6.08 Å². The molecule has 42 heavy (non-hydrogen) atoms. The van der Waals surface area contributed by atoms with Crippen LogP contribution in [-0.2, 0) is 9.59 Å². The summed E-state index contributed by atoms with van der Waals surface area (Å²) in [5, 5.41) is 8.90. The van der Waals surface area contributed by atoms with Gasteiger partial charge in [0.15, 0.2) is 0 Å². The summed E-state index contributed by atoms with van der Waals surface area (Å²) in [6.07, 6.45) is 1.45. The molecule has 0 heterocycles. The number of hydrogen-bond donors (Lipinski definition) is 3. The molecule has 4 aromatic rings. The Morgan fingerprint density at radius 2 is 1.43 bits per heavy atom. The van der Waals surface area contributed by atoms with Crippen molar-refractivity contribution < 1.29 is 14.4 Å². The highest BCUT2D eigenvalue weighted by atomic mass is 35.5. The lowest BCUT2D eigenvalue weighted by molar-refractivity contribution is -0.115. The van der Waals surface area contributed by atoms with E-state index in [0.717, 1.165) is 4.90 Å². The zero-order chi connectivity index (χ0) is 30.2. The van der Waals surface area contributed by atoms with Gasteiger partial charge in [0, 0.05) is 16.1 Å². The van der Waals surface area contributed by atoms with Gasteiger partial charge in [-0.15, -0.1) is 11.8 Å². The van der Waals surface area contributed by atoms with Crippen LogP contribution < -0.4 is 16.0 Å². The molecular weight excluding hydrogens is 636 g/mol. The Hall–Kier alpha value is -3.46. The average Bonchev–Trinajstić information content (AvgIpc) is 2.98. The van der Waals surface area contributed by atoms with Gasteiger partial charge in [-0.05, 0) is 67.1 Å². The number of halogens is 4. The van der Waals surface area contributed by atoms with Gasteiger partial charge in [-0.2, -0.15) is 0 Å². The lowest BCUT2D eigenvalue weighted by atomic mass is 10.1. The van der Waals surface area contributed by atoms with Crippen LogP contribution >= 0.6 is 58.2 Å². The maximum absolute atomic E-state index is 13.4. The van der Waals surface area contributed by atoms with Crippen molar-refractivity contribution in [3.63, 3.8) is 0 Å². The lowest BCUT2D eigenvalue weighted by Crippen LogP contribution is -2.30. The molecule has 1 atom stereocenters. The van der Waals surface area contributed by atoms with E-state index in [1.54, 1.807) is 91.9 Å². The first kappa shape index (κ1) is 31.5. The predicted molar refractivity (Wildman–Crippen MR) is 174 cm³/mol. The maximum Gasteiger partial charge on any atom is 0.272 e. The first-order valence-electron chi connectivity index (χ1n) is 12.5. The molecule has 0 fully saturated rings. The van der Waals surface area contributed by atoms with Gasteiger partial charge in [-0.3, -0.25) is 14.4 Å². The van der Waals surface area contributed by atoms with Crippen molar-refractivity contribution in [2.24, 2.45) is 0 Å². The highest BCUT2D eigenvalue weighted by Crippen LogP contribution is 2.32. The highest BCUT2D eigenvalue weighted by Gasteiger charge is 2.19. The molecule has 4 rings (SSSR count). The Kier molecular flexibility index (Phi) is 11.0. The van der Waals surface area contributed by atoms with E-state index in [-0.39, 0.29) is 21.6 Å². The van der Waals surface area contributed by atoms with Gasteiger partial charge in [0.1, 0.15) is 5.70 Å². The highest BCUT2D eigenvalue weighted by molar-refractivity contribution is 8.00. The third-order valence-corrected chi connectivity index (χ3v) is 8.54. The van der Waals surface area contributed by atoms with E-state index < -0.39 is 17.1 Å². The zero-order valence-electron chi connectivity index (χ0n) is 22.0. The minimum atomic E-state index is -0.584. The molecule has 0 bridgehead atoms. The van der Waals surface area contributed by atoms with E-state index in [1.165, 1.54) is 17.8 Å². The number of rotatable bonds is 9. The number of amides is 3. The summed E-state index contributed by atoms with van der Waals surface area (Å²) in [5.41, 5.74) is 1.65. The number of thioether (sulfide) groups is 1. The molecule has 4 aromatic carbocycles. The Balaban J connectivity index is 1.51. The molecule has 0 aliphatic rings. The van der Waals surface area contributed by atoms with Crippen LogP contribution in [0.2, 0.25) is 20.1 Å². The smallest absolute Gasteiger partial charge is 0.272 e. The second-order valence-electron chi connectivity index (χ2n) is 8.85. The van der Waals surface area contributed by atoms with E-state index in [4.69, 9.17) is 46.4 Å². The van der Waals surface area contributed by atoms with Crippen LogP contribution in [0.4, 0.5) is 11.4 Å². The molecule has 0 saturated carbocycles. The van der Waals surface area contributed by atoms with Gasteiger partial charge in [-0.25, -0.2) is 0 Å². The molecule has 0 aromatic heterocycles. The number of carbonyl (C=O) groups excluding carboxylic acids is 3. The topological polar surface area (TPSA) is 87.3 Å². The fourth-order valence-corrected chi connectivity index (χ4v) is 5.30. The molecule has 0 saturated heterocycles. The minimum Gasteiger partial charge on any atom is -0.324 e. The summed E-state index contributed by atoms with van der Waals surface area (Å²) in [6.45, 7) is 1.75. The van der Waals surface area contributed by atoms with Crippen molar-refractivity contribution in [2.45, 2.75) is 17.1 Å². The van der Waals surface area contributed by atoms with Crippen molar-refractivity contribution >= 4 is 93.3 Å². The average molecular weight is 659 g/mol. The van der Waals surface area contributed by atoms with Gasteiger partial charge in [0.05, 0.1) is 31.0 Å². The van der Waals surface area contributed by atoms with Crippen molar-refractivity contribution in [2.75, 3.05) is 10.6 Å². The van der Waals surface area contributed by atoms with Gasteiger partial charge < -0.3 is 16.0 Å². The van der Waals surface area contributed by atoms with Crippen LogP contribution in [0, 0.1) is 0 Å². The van der Waals surface area contributed by atoms with E-state index in [9.17, 15) is 14.4 Å². The largest absolute Gasteiger partial charge is 0.324 e. The van der Waals surface area contributed by atoms with Crippen LogP contribution in [0.5, 0.6) is 0 Å². The molecule has 6 nitrogen and oxygen atoms in total. The molecule has 3 N–H and O–H groups in total. The van der Waals surface area contributed by atoms with Gasteiger partial charge in [-0.1, -0.05) is 88.9 Å². The molecule has 0 radical (unpaired) electrons. The van der Waals surface area contributed by atoms with E-state index in [1.807, 2.05) is 6.07 Å². The first-order valence-corrected chi connectivity index (χ1v) is 14.9. The fraction of sp³-hybridized carbons (Fsp3) is 0.0645. The van der Waals surface area contributed by atoms with Gasteiger partial charge in [0.25, 0.3) is 11.8 Å². The minimum absolute atomic E-state index is 0.0442. The first-order chi connectivity index (χ1) is 20.1. The quantitative estimate of drug-likeness (QED) is 0.124. The summed E-state index contributed by atoms with van der Waals surface area (Å²) in [6, 6.07) is 25.5. The number of anilines is 2.